The van der Waals surface area contributed by atoms with Gasteiger partial charge in [0.2, 0.25) is 5.91 Å². The van der Waals surface area contributed by atoms with Crippen molar-refractivity contribution in [2.24, 2.45) is 0 Å². The molecule has 92 valence electrons. The average Bonchev–Trinajstić information content (AvgIpc) is 2.63. The second-order valence-electron chi connectivity index (χ2n) is 3.88. The van der Waals surface area contributed by atoms with Gasteiger partial charge in [0.1, 0.15) is 11.5 Å². The van der Waals surface area contributed by atoms with Crippen LogP contribution >= 0.6 is 0 Å². The van der Waals surface area contributed by atoms with Crippen molar-refractivity contribution in [1.82, 2.24) is 10.3 Å². The first-order chi connectivity index (χ1) is 7.88. The molecule has 2 heterocycles. The maximum Gasteiger partial charge on any atom is 0.433 e. The van der Waals surface area contributed by atoms with E-state index in [1.807, 2.05) is 0 Å². The SMILES string of the molecule is Nc1ccc(C2CNC(=O)C2)c(C(F)(F)F)n1. The molecule has 0 aliphatic carbocycles. The van der Waals surface area contributed by atoms with Gasteiger partial charge in [-0.1, -0.05) is 6.07 Å². The summed E-state index contributed by atoms with van der Waals surface area (Å²) in [6, 6.07) is 2.60. The van der Waals surface area contributed by atoms with Crippen LogP contribution in [-0.2, 0) is 11.0 Å². The summed E-state index contributed by atoms with van der Waals surface area (Å²) < 4.78 is 38.3. The predicted molar refractivity (Wildman–Crippen MR) is 54.0 cm³/mol. The fourth-order valence-electron chi connectivity index (χ4n) is 1.87. The number of nitrogens with zero attached hydrogens (tertiary/aromatic N) is 1. The van der Waals surface area contributed by atoms with Crippen LogP contribution in [0.2, 0.25) is 0 Å². The fourth-order valence-corrected chi connectivity index (χ4v) is 1.87. The molecule has 1 aliphatic rings. The van der Waals surface area contributed by atoms with Gasteiger partial charge < -0.3 is 11.1 Å². The molecule has 0 spiro atoms. The summed E-state index contributed by atoms with van der Waals surface area (Å²) >= 11 is 0. The third-order valence-corrected chi connectivity index (χ3v) is 2.63. The smallest absolute Gasteiger partial charge is 0.384 e. The Hall–Kier alpha value is -1.79. The van der Waals surface area contributed by atoms with E-state index in [1.54, 1.807) is 0 Å². The highest BCUT2D eigenvalue weighted by Gasteiger charge is 2.38. The molecule has 1 aliphatic heterocycles. The minimum atomic E-state index is -4.56. The van der Waals surface area contributed by atoms with E-state index in [9.17, 15) is 18.0 Å². The van der Waals surface area contributed by atoms with Crippen molar-refractivity contribution in [2.45, 2.75) is 18.5 Å². The van der Waals surface area contributed by atoms with Crippen molar-refractivity contribution in [2.75, 3.05) is 12.3 Å². The van der Waals surface area contributed by atoms with E-state index >= 15 is 0 Å². The van der Waals surface area contributed by atoms with Crippen molar-refractivity contribution in [1.29, 1.82) is 0 Å². The molecule has 1 aromatic rings. The molecule has 1 saturated heterocycles. The number of hydrogen-bond acceptors (Lipinski definition) is 3. The summed E-state index contributed by atoms with van der Waals surface area (Å²) in [7, 11) is 0. The summed E-state index contributed by atoms with van der Waals surface area (Å²) in [4.78, 5) is 14.3. The lowest BCUT2D eigenvalue weighted by molar-refractivity contribution is -0.142. The van der Waals surface area contributed by atoms with Crippen LogP contribution < -0.4 is 11.1 Å². The Morgan fingerprint density at radius 1 is 1.41 bits per heavy atom. The molecule has 0 aromatic carbocycles. The summed E-state index contributed by atoms with van der Waals surface area (Å²) in [6.07, 6.45) is -4.51. The first-order valence-electron chi connectivity index (χ1n) is 4.98. The molecule has 4 nitrogen and oxygen atoms in total. The molecular weight excluding hydrogens is 235 g/mol. The molecule has 2 rings (SSSR count). The molecule has 0 radical (unpaired) electrons. The number of carbonyl (C=O) groups is 1. The molecule has 1 amide bonds. The normalized spacial score (nSPS) is 20.4. The van der Waals surface area contributed by atoms with Gasteiger partial charge in [-0.25, -0.2) is 4.98 Å². The number of rotatable bonds is 1. The molecular formula is C10H10F3N3O. The van der Waals surface area contributed by atoms with Gasteiger partial charge in [-0.3, -0.25) is 4.79 Å². The first kappa shape index (κ1) is 11.7. The number of amides is 1. The number of nitrogen functional groups attached to an aromatic ring is 1. The van der Waals surface area contributed by atoms with E-state index < -0.39 is 17.8 Å². The number of carbonyl (C=O) groups excluding carboxylic acids is 1. The molecule has 1 unspecified atom stereocenters. The van der Waals surface area contributed by atoms with Crippen LogP contribution in [0.25, 0.3) is 0 Å². The van der Waals surface area contributed by atoms with Crippen LogP contribution in [-0.4, -0.2) is 17.4 Å². The maximum atomic E-state index is 12.8. The van der Waals surface area contributed by atoms with Gasteiger partial charge in [-0.05, 0) is 11.6 Å². The molecule has 1 fully saturated rings. The van der Waals surface area contributed by atoms with Gasteiger partial charge in [-0.15, -0.1) is 0 Å². The van der Waals surface area contributed by atoms with Gasteiger partial charge in [0, 0.05) is 18.9 Å². The monoisotopic (exact) mass is 245 g/mol. The van der Waals surface area contributed by atoms with Crippen LogP contribution in [0.5, 0.6) is 0 Å². The highest BCUT2D eigenvalue weighted by Crippen LogP contribution is 2.36. The second kappa shape index (κ2) is 3.90. The van der Waals surface area contributed by atoms with E-state index in [2.05, 4.69) is 10.3 Å². The van der Waals surface area contributed by atoms with Crippen LogP contribution in [0.3, 0.4) is 0 Å². The number of alkyl halides is 3. The lowest BCUT2D eigenvalue weighted by Crippen LogP contribution is -2.17. The highest BCUT2D eigenvalue weighted by atomic mass is 19.4. The Labute approximate surface area is 95.0 Å². The van der Waals surface area contributed by atoms with Crippen LogP contribution in [0.15, 0.2) is 12.1 Å². The van der Waals surface area contributed by atoms with Gasteiger partial charge >= 0.3 is 6.18 Å². The molecule has 17 heavy (non-hydrogen) atoms. The van der Waals surface area contributed by atoms with Crippen LogP contribution in [0.1, 0.15) is 23.6 Å². The minimum Gasteiger partial charge on any atom is -0.384 e. The number of aromatic nitrogens is 1. The molecule has 7 heteroatoms. The Kier molecular flexibility index (Phi) is 2.68. The largest absolute Gasteiger partial charge is 0.433 e. The maximum absolute atomic E-state index is 12.8. The molecule has 1 atom stereocenters. The van der Waals surface area contributed by atoms with Gasteiger partial charge in [0.25, 0.3) is 0 Å². The van der Waals surface area contributed by atoms with E-state index in [0.717, 1.165) is 0 Å². The lowest BCUT2D eigenvalue weighted by atomic mass is 9.96. The Morgan fingerprint density at radius 3 is 2.65 bits per heavy atom. The third-order valence-electron chi connectivity index (χ3n) is 2.63. The summed E-state index contributed by atoms with van der Waals surface area (Å²) in [6.45, 7) is 0.202. The molecule has 1 aromatic heterocycles. The average molecular weight is 245 g/mol. The van der Waals surface area contributed by atoms with E-state index in [1.165, 1.54) is 12.1 Å². The van der Waals surface area contributed by atoms with E-state index in [4.69, 9.17) is 5.73 Å². The van der Waals surface area contributed by atoms with E-state index in [0.29, 0.717) is 0 Å². The molecule has 3 N–H and O–H groups in total. The quantitative estimate of drug-likeness (QED) is 0.783. The van der Waals surface area contributed by atoms with Crippen molar-refractivity contribution >= 4 is 11.7 Å². The number of nitrogens with two attached hydrogens (primary N) is 1. The third kappa shape index (κ3) is 2.32. The van der Waals surface area contributed by atoms with Crippen molar-refractivity contribution in [3.63, 3.8) is 0 Å². The lowest BCUT2D eigenvalue weighted by Gasteiger charge is -2.15. The highest BCUT2D eigenvalue weighted by molar-refractivity contribution is 5.79. The van der Waals surface area contributed by atoms with Crippen LogP contribution in [0.4, 0.5) is 19.0 Å². The topological polar surface area (TPSA) is 68.0 Å². The number of anilines is 1. The Morgan fingerprint density at radius 2 is 2.12 bits per heavy atom. The molecule has 0 bridgehead atoms. The van der Waals surface area contributed by atoms with Crippen molar-refractivity contribution in [3.05, 3.63) is 23.4 Å². The number of hydrogen-bond donors (Lipinski definition) is 2. The van der Waals surface area contributed by atoms with Gasteiger partial charge in [0.05, 0.1) is 0 Å². The summed E-state index contributed by atoms with van der Waals surface area (Å²) in [5.41, 5.74) is 4.27. The summed E-state index contributed by atoms with van der Waals surface area (Å²) in [5.74, 6) is -0.925. The van der Waals surface area contributed by atoms with E-state index in [-0.39, 0.29) is 30.3 Å². The summed E-state index contributed by atoms with van der Waals surface area (Å²) in [5, 5.41) is 2.50. The van der Waals surface area contributed by atoms with Gasteiger partial charge in [-0.2, -0.15) is 13.2 Å². The minimum absolute atomic E-state index is 0.0186. The zero-order valence-corrected chi connectivity index (χ0v) is 8.71. The van der Waals surface area contributed by atoms with Crippen LogP contribution in [0, 0.1) is 0 Å². The Balaban J connectivity index is 2.43. The first-order valence-corrected chi connectivity index (χ1v) is 4.98. The zero-order valence-electron chi connectivity index (χ0n) is 8.71. The number of halogens is 3. The Bertz CT molecular complexity index is 459. The van der Waals surface area contributed by atoms with Gasteiger partial charge in [0.15, 0.2) is 0 Å². The number of nitrogens with one attached hydrogen (secondary N) is 1. The standard InChI is InChI=1S/C10H10F3N3O/c11-10(12,13)9-6(1-2-7(14)16-9)5-3-8(17)15-4-5/h1-2,5H,3-4H2,(H2,14,16)(H,15,17). The predicted octanol–water partition coefficient (Wildman–Crippen LogP) is 1.29. The molecule has 0 saturated carbocycles. The number of pyridine rings is 1. The zero-order chi connectivity index (χ0) is 12.6. The second-order valence-corrected chi connectivity index (χ2v) is 3.88. The van der Waals surface area contributed by atoms with Crippen molar-refractivity contribution in [3.8, 4) is 0 Å². The fraction of sp³-hybridized carbons (Fsp3) is 0.400. The van der Waals surface area contributed by atoms with Crippen molar-refractivity contribution < 1.29 is 18.0 Å².